The molecule has 3 rings (SSSR count). The van der Waals surface area contributed by atoms with Crippen molar-refractivity contribution in [2.24, 2.45) is 0 Å². The maximum Gasteiger partial charge on any atom is -0.0103 e. The van der Waals surface area contributed by atoms with Crippen LogP contribution in [0, 0.1) is 13.8 Å². The Morgan fingerprint density at radius 2 is 0.850 bits per heavy atom. The molecule has 0 spiro atoms. The Kier molecular flexibility index (Phi) is 3.39. The molecule has 0 aliphatic heterocycles. The number of aryl methyl sites for hydroxylation is 2. The Balaban J connectivity index is 2.26. The van der Waals surface area contributed by atoms with Gasteiger partial charge >= 0.3 is 0 Å². The van der Waals surface area contributed by atoms with Crippen LogP contribution in [-0.2, 0) is 0 Å². The average molecular weight is 258 g/mol. The molecule has 0 aromatic heterocycles. The van der Waals surface area contributed by atoms with E-state index in [9.17, 15) is 0 Å². The van der Waals surface area contributed by atoms with Gasteiger partial charge < -0.3 is 0 Å². The molecule has 0 nitrogen and oxygen atoms in total. The molecular weight excluding hydrogens is 240 g/mol. The van der Waals surface area contributed by atoms with E-state index in [2.05, 4.69) is 86.6 Å². The van der Waals surface area contributed by atoms with E-state index in [-0.39, 0.29) is 0 Å². The predicted molar refractivity (Wildman–Crippen MR) is 86.8 cm³/mol. The normalized spacial score (nSPS) is 10.5. The maximum absolute atomic E-state index is 2.30. The van der Waals surface area contributed by atoms with Crippen molar-refractivity contribution in [1.82, 2.24) is 0 Å². The van der Waals surface area contributed by atoms with Crippen molar-refractivity contribution >= 4 is 0 Å². The van der Waals surface area contributed by atoms with Crippen molar-refractivity contribution < 1.29 is 0 Å². The summed E-state index contributed by atoms with van der Waals surface area (Å²) >= 11 is 0. The molecule has 98 valence electrons. The maximum atomic E-state index is 2.30. The minimum Gasteiger partial charge on any atom is -0.0622 e. The second kappa shape index (κ2) is 5.34. The molecule has 0 unspecified atom stereocenters. The number of benzene rings is 3. The van der Waals surface area contributed by atoms with E-state index in [1.807, 2.05) is 0 Å². The summed E-state index contributed by atoms with van der Waals surface area (Å²) in [6.45, 7) is 4.35. The minimum atomic E-state index is 1.27. The van der Waals surface area contributed by atoms with Crippen LogP contribution >= 0.6 is 0 Å². The van der Waals surface area contributed by atoms with Gasteiger partial charge in [0.1, 0.15) is 0 Å². The van der Waals surface area contributed by atoms with E-state index in [1.54, 1.807) is 0 Å². The number of hydrogen-bond acceptors (Lipinski definition) is 0. The topological polar surface area (TPSA) is 0 Å². The van der Waals surface area contributed by atoms with Crippen LogP contribution in [0.2, 0.25) is 0 Å². The fourth-order valence-corrected chi connectivity index (χ4v) is 2.53. The van der Waals surface area contributed by atoms with Gasteiger partial charge in [0.2, 0.25) is 0 Å². The van der Waals surface area contributed by atoms with Crippen molar-refractivity contribution in [2.75, 3.05) is 0 Å². The third kappa shape index (κ3) is 2.37. The first kappa shape index (κ1) is 12.7. The molecule has 0 heteroatoms. The highest BCUT2D eigenvalue weighted by molar-refractivity contribution is 5.84. The van der Waals surface area contributed by atoms with Crippen molar-refractivity contribution in [3.05, 3.63) is 83.9 Å². The molecule has 0 saturated heterocycles. The van der Waals surface area contributed by atoms with Crippen molar-refractivity contribution in [3.8, 4) is 22.3 Å². The fraction of sp³-hybridized carbons (Fsp3) is 0.100. The van der Waals surface area contributed by atoms with Crippen LogP contribution in [0.15, 0.2) is 72.8 Å². The molecular formula is C20H18. The summed E-state index contributed by atoms with van der Waals surface area (Å²) in [5.41, 5.74) is 7.83. The van der Waals surface area contributed by atoms with Gasteiger partial charge in [0, 0.05) is 0 Å². The monoisotopic (exact) mass is 258 g/mol. The minimum absolute atomic E-state index is 1.27. The largest absolute Gasteiger partial charge is 0.0622 e. The van der Waals surface area contributed by atoms with E-state index in [0.717, 1.165) is 0 Å². The molecule has 0 N–H and O–H groups in total. The summed E-state index contributed by atoms with van der Waals surface area (Å²) in [4.78, 5) is 0. The van der Waals surface area contributed by atoms with Gasteiger partial charge in [-0.3, -0.25) is 0 Å². The first-order chi connectivity index (χ1) is 9.75. The third-order valence-corrected chi connectivity index (χ3v) is 3.80. The second-order valence-corrected chi connectivity index (χ2v) is 5.21. The molecule has 0 amide bonds. The van der Waals surface area contributed by atoms with Gasteiger partial charge in [-0.15, -0.1) is 0 Å². The zero-order chi connectivity index (χ0) is 13.9. The summed E-state index contributed by atoms with van der Waals surface area (Å²) in [5.74, 6) is 0. The molecule has 3 aromatic rings. The van der Waals surface area contributed by atoms with Crippen LogP contribution in [0.1, 0.15) is 11.1 Å². The van der Waals surface area contributed by atoms with Gasteiger partial charge in [-0.25, -0.2) is 0 Å². The van der Waals surface area contributed by atoms with E-state index in [1.165, 1.54) is 33.4 Å². The highest BCUT2D eigenvalue weighted by Gasteiger charge is 2.09. The van der Waals surface area contributed by atoms with Crippen molar-refractivity contribution in [2.45, 2.75) is 13.8 Å². The lowest BCUT2D eigenvalue weighted by molar-refractivity contribution is 1.34. The molecule has 0 aliphatic rings. The van der Waals surface area contributed by atoms with Crippen LogP contribution in [0.25, 0.3) is 22.3 Å². The predicted octanol–water partition coefficient (Wildman–Crippen LogP) is 5.64. The van der Waals surface area contributed by atoms with E-state index < -0.39 is 0 Å². The Hall–Kier alpha value is -2.34. The lowest BCUT2D eigenvalue weighted by Crippen LogP contribution is -1.90. The Morgan fingerprint density at radius 3 is 1.20 bits per heavy atom. The van der Waals surface area contributed by atoms with Gasteiger partial charge in [-0.1, -0.05) is 72.8 Å². The third-order valence-electron chi connectivity index (χ3n) is 3.80. The number of rotatable bonds is 2. The standard InChI is InChI=1S/C20H18/c1-15-13-19(17-9-5-3-6-10-17)20(14-16(15)2)18-11-7-4-8-12-18/h3-14H,1-2H3. The van der Waals surface area contributed by atoms with Crippen LogP contribution in [0.4, 0.5) is 0 Å². The molecule has 0 atom stereocenters. The molecule has 0 radical (unpaired) electrons. The Labute approximate surface area is 120 Å². The SMILES string of the molecule is Cc1cc(-c2ccccc2)c(-c2ccccc2)cc1C. The molecule has 0 saturated carbocycles. The summed E-state index contributed by atoms with van der Waals surface area (Å²) in [6.07, 6.45) is 0. The van der Waals surface area contributed by atoms with Gasteiger partial charge in [-0.2, -0.15) is 0 Å². The first-order valence-electron chi connectivity index (χ1n) is 6.98. The average Bonchev–Trinajstić information content (AvgIpc) is 2.51. The second-order valence-electron chi connectivity index (χ2n) is 5.21. The Morgan fingerprint density at radius 1 is 0.500 bits per heavy atom. The van der Waals surface area contributed by atoms with Crippen LogP contribution < -0.4 is 0 Å². The molecule has 0 aliphatic carbocycles. The van der Waals surface area contributed by atoms with Crippen LogP contribution in [0.5, 0.6) is 0 Å². The van der Waals surface area contributed by atoms with Gasteiger partial charge in [0.05, 0.1) is 0 Å². The van der Waals surface area contributed by atoms with E-state index in [4.69, 9.17) is 0 Å². The van der Waals surface area contributed by atoms with Crippen molar-refractivity contribution in [1.29, 1.82) is 0 Å². The molecule has 0 heterocycles. The molecule has 0 bridgehead atoms. The lowest BCUT2D eigenvalue weighted by atomic mass is 9.91. The fourth-order valence-electron chi connectivity index (χ4n) is 2.53. The summed E-state index contributed by atoms with van der Waals surface area (Å²) in [5, 5.41) is 0. The lowest BCUT2D eigenvalue weighted by Gasteiger charge is -2.13. The van der Waals surface area contributed by atoms with Gasteiger partial charge in [0.25, 0.3) is 0 Å². The van der Waals surface area contributed by atoms with Gasteiger partial charge in [-0.05, 0) is 47.2 Å². The number of hydrogen-bond donors (Lipinski definition) is 0. The highest BCUT2D eigenvalue weighted by Crippen LogP contribution is 2.34. The molecule has 20 heavy (non-hydrogen) atoms. The van der Waals surface area contributed by atoms with Crippen LogP contribution in [0.3, 0.4) is 0 Å². The van der Waals surface area contributed by atoms with E-state index in [0.29, 0.717) is 0 Å². The smallest absolute Gasteiger partial charge is 0.0103 e. The van der Waals surface area contributed by atoms with Gasteiger partial charge in [0.15, 0.2) is 0 Å². The highest BCUT2D eigenvalue weighted by atomic mass is 14.1. The quantitative estimate of drug-likeness (QED) is 0.558. The van der Waals surface area contributed by atoms with E-state index >= 15 is 0 Å². The molecule has 0 fully saturated rings. The first-order valence-corrected chi connectivity index (χ1v) is 6.98. The zero-order valence-corrected chi connectivity index (χ0v) is 11.9. The molecule has 3 aromatic carbocycles. The van der Waals surface area contributed by atoms with Crippen LogP contribution in [-0.4, -0.2) is 0 Å². The van der Waals surface area contributed by atoms with Crippen molar-refractivity contribution in [3.63, 3.8) is 0 Å². The zero-order valence-electron chi connectivity index (χ0n) is 11.9. The summed E-state index contributed by atoms with van der Waals surface area (Å²) in [6, 6.07) is 25.8. The summed E-state index contributed by atoms with van der Waals surface area (Å²) in [7, 11) is 0. The Bertz CT molecular complexity index is 645. The summed E-state index contributed by atoms with van der Waals surface area (Å²) < 4.78 is 0.